The standard InChI is InChI=1S/C24H24F2N2O4/c1-14(29)28-12-17-11-18(22(24(30)31)21(13-28)27-17)16-7-5-15(6-8-16)9-10-32-23-19(25)3-2-4-20(23)26/h2-8,17,21,27H,9-13H2,1H3,(H,30,31). The molecule has 2 aliphatic rings. The maximum Gasteiger partial charge on any atom is 0.333 e. The van der Waals surface area contributed by atoms with E-state index in [2.05, 4.69) is 5.32 Å². The molecule has 0 aromatic heterocycles. The van der Waals surface area contributed by atoms with Crippen LogP contribution < -0.4 is 10.1 Å². The topological polar surface area (TPSA) is 78.9 Å². The van der Waals surface area contributed by atoms with Crippen molar-refractivity contribution >= 4 is 17.4 Å². The number of nitrogens with one attached hydrogen (secondary N) is 1. The number of amides is 1. The average molecular weight is 442 g/mol. The van der Waals surface area contributed by atoms with Crippen LogP contribution in [-0.2, 0) is 16.0 Å². The Morgan fingerprint density at radius 1 is 1.12 bits per heavy atom. The first-order valence-electron chi connectivity index (χ1n) is 10.5. The molecule has 0 radical (unpaired) electrons. The summed E-state index contributed by atoms with van der Waals surface area (Å²) < 4.78 is 32.6. The summed E-state index contributed by atoms with van der Waals surface area (Å²) in [7, 11) is 0. The van der Waals surface area contributed by atoms with E-state index in [-0.39, 0.29) is 24.3 Å². The third-order valence-electron chi connectivity index (χ3n) is 5.94. The monoisotopic (exact) mass is 442 g/mol. The third-order valence-corrected chi connectivity index (χ3v) is 5.94. The largest absolute Gasteiger partial charge is 0.487 e. The molecule has 0 spiro atoms. The number of benzene rings is 2. The van der Waals surface area contributed by atoms with E-state index in [0.29, 0.717) is 31.5 Å². The lowest BCUT2D eigenvalue weighted by Crippen LogP contribution is -2.61. The van der Waals surface area contributed by atoms with Gasteiger partial charge in [-0.15, -0.1) is 0 Å². The molecule has 2 aliphatic heterocycles. The Bertz CT molecular complexity index is 1050. The van der Waals surface area contributed by atoms with Crippen molar-refractivity contribution in [3.05, 3.63) is 70.8 Å². The number of carbonyl (C=O) groups excluding carboxylic acids is 1. The minimum Gasteiger partial charge on any atom is -0.487 e. The Hall–Kier alpha value is -3.26. The Labute approximate surface area is 184 Å². The fourth-order valence-electron chi connectivity index (χ4n) is 4.39. The van der Waals surface area contributed by atoms with Gasteiger partial charge in [0.05, 0.1) is 18.2 Å². The second-order valence-corrected chi connectivity index (χ2v) is 8.09. The van der Waals surface area contributed by atoms with Crippen molar-refractivity contribution in [2.75, 3.05) is 19.7 Å². The van der Waals surface area contributed by atoms with E-state index in [0.717, 1.165) is 28.8 Å². The summed E-state index contributed by atoms with van der Waals surface area (Å²) >= 11 is 0. The minimum absolute atomic E-state index is 0.000471. The van der Waals surface area contributed by atoms with Gasteiger partial charge in [0.2, 0.25) is 5.91 Å². The van der Waals surface area contributed by atoms with Crippen LogP contribution in [0.1, 0.15) is 24.5 Å². The van der Waals surface area contributed by atoms with Gasteiger partial charge < -0.3 is 20.1 Å². The van der Waals surface area contributed by atoms with Crippen molar-refractivity contribution in [1.29, 1.82) is 0 Å². The van der Waals surface area contributed by atoms with E-state index in [4.69, 9.17) is 4.74 Å². The first-order chi connectivity index (χ1) is 15.3. The van der Waals surface area contributed by atoms with E-state index in [1.54, 1.807) is 4.90 Å². The third kappa shape index (κ3) is 4.50. The lowest BCUT2D eigenvalue weighted by Gasteiger charge is -2.43. The van der Waals surface area contributed by atoms with Crippen LogP contribution in [0.25, 0.3) is 5.57 Å². The van der Waals surface area contributed by atoms with Gasteiger partial charge in [0, 0.05) is 32.5 Å². The number of hydrogen-bond donors (Lipinski definition) is 2. The maximum absolute atomic E-state index is 13.7. The van der Waals surface area contributed by atoms with Crippen LogP contribution in [0.15, 0.2) is 48.0 Å². The molecule has 8 heteroatoms. The van der Waals surface area contributed by atoms with Crippen LogP contribution in [0.5, 0.6) is 5.75 Å². The highest BCUT2D eigenvalue weighted by Crippen LogP contribution is 2.33. The fraction of sp³-hybridized carbons (Fsp3) is 0.333. The zero-order chi connectivity index (χ0) is 22.8. The molecule has 1 saturated heterocycles. The Balaban J connectivity index is 1.48. The maximum atomic E-state index is 13.7. The summed E-state index contributed by atoms with van der Waals surface area (Å²) in [4.78, 5) is 25.5. The number of rotatable bonds is 6. The number of carboxylic acid groups (broad SMARTS) is 1. The average Bonchev–Trinajstić information content (AvgIpc) is 2.75. The lowest BCUT2D eigenvalue weighted by atomic mass is 9.83. The quantitative estimate of drug-likeness (QED) is 0.719. The van der Waals surface area contributed by atoms with Gasteiger partial charge in [0.25, 0.3) is 0 Å². The predicted octanol–water partition coefficient (Wildman–Crippen LogP) is 3.02. The molecule has 6 nitrogen and oxygen atoms in total. The minimum atomic E-state index is -0.995. The highest BCUT2D eigenvalue weighted by Gasteiger charge is 2.38. The van der Waals surface area contributed by atoms with E-state index >= 15 is 0 Å². The highest BCUT2D eigenvalue weighted by molar-refractivity contribution is 5.98. The van der Waals surface area contributed by atoms with Gasteiger partial charge in [0.1, 0.15) is 0 Å². The number of hydrogen-bond acceptors (Lipinski definition) is 4. The number of para-hydroxylation sites is 1. The molecule has 2 heterocycles. The summed E-state index contributed by atoms with van der Waals surface area (Å²) in [5.41, 5.74) is 2.78. The van der Waals surface area contributed by atoms with Crippen LogP contribution in [0.2, 0.25) is 0 Å². The van der Waals surface area contributed by atoms with Crippen LogP contribution in [0.4, 0.5) is 8.78 Å². The van der Waals surface area contributed by atoms with Crippen molar-refractivity contribution in [3.63, 3.8) is 0 Å². The molecule has 1 fully saturated rings. The van der Waals surface area contributed by atoms with Crippen molar-refractivity contribution in [3.8, 4) is 5.75 Å². The Morgan fingerprint density at radius 3 is 2.44 bits per heavy atom. The molecule has 2 bridgehead atoms. The molecule has 1 amide bonds. The molecular weight excluding hydrogens is 418 g/mol. The first-order valence-corrected chi connectivity index (χ1v) is 10.5. The predicted molar refractivity (Wildman–Crippen MR) is 114 cm³/mol. The van der Waals surface area contributed by atoms with Crippen LogP contribution >= 0.6 is 0 Å². The number of fused-ring (bicyclic) bond motifs is 2. The van der Waals surface area contributed by atoms with Crippen LogP contribution in [0, 0.1) is 11.6 Å². The molecule has 2 N–H and O–H groups in total. The highest BCUT2D eigenvalue weighted by atomic mass is 19.1. The summed E-state index contributed by atoms with van der Waals surface area (Å²) in [5.74, 6) is -2.93. The lowest BCUT2D eigenvalue weighted by molar-refractivity contribution is -0.135. The number of ether oxygens (including phenoxy) is 1. The first kappa shape index (κ1) is 22.0. The van der Waals surface area contributed by atoms with Crippen molar-refractivity contribution < 1.29 is 28.2 Å². The van der Waals surface area contributed by atoms with Gasteiger partial charge in [-0.2, -0.15) is 0 Å². The van der Waals surface area contributed by atoms with Gasteiger partial charge in [-0.25, -0.2) is 13.6 Å². The van der Waals surface area contributed by atoms with Crippen molar-refractivity contribution in [2.24, 2.45) is 0 Å². The van der Waals surface area contributed by atoms with Crippen molar-refractivity contribution in [2.45, 2.75) is 31.8 Å². The number of carbonyl (C=O) groups is 2. The Morgan fingerprint density at radius 2 is 1.81 bits per heavy atom. The normalized spacial score (nSPS) is 20.3. The van der Waals surface area contributed by atoms with E-state index in [1.807, 2.05) is 24.3 Å². The van der Waals surface area contributed by atoms with Gasteiger partial charge >= 0.3 is 5.97 Å². The van der Waals surface area contributed by atoms with Gasteiger partial charge in [-0.05, 0) is 35.3 Å². The molecule has 0 aliphatic carbocycles. The van der Waals surface area contributed by atoms with Gasteiger partial charge in [-0.3, -0.25) is 4.79 Å². The molecule has 2 atom stereocenters. The SMILES string of the molecule is CC(=O)N1CC2CC(c3ccc(CCOc4c(F)cccc4F)cc3)=C(C(=O)O)C(C1)N2. The Kier molecular flexibility index (Phi) is 6.23. The number of carboxylic acids is 1. The molecule has 0 saturated carbocycles. The van der Waals surface area contributed by atoms with E-state index in [9.17, 15) is 23.5 Å². The molecule has 168 valence electrons. The number of halogens is 2. The van der Waals surface area contributed by atoms with Crippen molar-refractivity contribution in [1.82, 2.24) is 10.2 Å². The number of piperazine rings is 1. The molecule has 32 heavy (non-hydrogen) atoms. The molecule has 2 unspecified atom stereocenters. The number of aliphatic carboxylic acids is 1. The van der Waals surface area contributed by atoms with Gasteiger partial charge in [-0.1, -0.05) is 30.3 Å². The zero-order valence-corrected chi connectivity index (χ0v) is 17.6. The fourth-order valence-corrected chi connectivity index (χ4v) is 4.39. The molecule has 2 aromatic carbocycles. The smallest absolute Gasteiger partial charge is 0.333 e. The second-order valence-electron chi connectivity index (χ2n) is 8.09. The summed E-state index contributed by atoms with van der Waals surface area (Å²) in [6.07, 6.45) is 0.955. The van der Waals surface area contributed by atoms with Crippen LogP contribution in [0.3, 0.4) is 0 Å². The molecular formula is C24H24F2N2O4. The molecule has 4 rings (SSSR count). The van der Waals surface area contributed by atoms with E-state index in [1.165, 1.54) is 13.0 Å². The zero-order valence-electron chi connectivity index (χ0n) is 17.6. The van der Waals surface area contributed by atoms with Crippen LogP contribution in [-0.4, -0.2) is 53.7 Å². The summed E-state index contributed by atoms with van der Waals surface area (Å²) in [6.45, 7) is 2.48. The van der Waals surface area contributed by atoms with E-state index < -0.39 is 23.6 Å². The second kappa shape index (κ2) is 9.08. The molecule has 2 aromatic rings. The van der Waals surface area contributed by atoms with Gasteiger partial charge in [0.15, 0.2) is 17.4 Å². The number of nitrogens with zero attached hydrogens (tertiary/aromatic N) is 1. The summed E-state index contributed by atoms with van der Waals surface area (Å²) in [6, 6.07) is 10.6. The summed E-state index contributed by atoms with van der Waals surface area (Å²) in [5, 5.41) is 13.2.